The number of hydrogen-bond donors (Lipinski definition) is 1. The van der Waals surface area contributed by atoms with Crippen LogP contribution in [0.2, 0.25) is 0 Å². The summed E-state index contributed by atoms with van der Waals surface area (Å²) < 4.78 is 37.3. The molecule has 1 rings (SSSR count). The fraction of sp³-hybridized carbons (Fsp3) is 0.667. The molecule has 0 aromatic rings. The Labute approximate surface area is 79.4 Å². The van der Waals surface area contributed by atoms with Crippen LogP contribution in [0.5, 0.6) is 0 Å². The van der Waals surface area contributed by atoms with Gasteiger partial charge in [-0.2, -0.15) is 13.2 Å². The predicted molar refractivity (Wildman–Crippen MR) is 43.7 cm³/mol. The first-order chi connectivity index (χ1) is 6.32. The van der Waals surface area contributed by atoms with Gasteiger partial charge in [0.15, 0.2) is 0 Å². The van der Waals surface area contributed by atoms with Crippen molar-refractivity contribution in [2.45, 2.75) is 25.9 Å². The molecule has 0 bridgehead atoms. The third-order valence-corrected chi connectivity index (χ3v) is 2.49. The molecule has 0 unspecified atom stereocenters. The van der Waals surface area contributed by atoms with Crippen molar-refractivity contribution in [1.29, 1.82) is 0 Å². The van der Waals surface area contributed by atoms with Gasteiger partial charge >= 0.3 is 12.1 Å². The van der Waals surface area contributed by atoms with E-state index in [0.717, 1.165) is 0 Å². The van der Waals surface area contributed by atoms with Crippen LogP contribution in [0.4, 0.5) is 13.2 Å². The Morgan fingerprint density at radius 1 is 1.57 bits per heavy atom. The zero-order chi connectivity index (χ0) is 10.9. The average Bonchev–Trinajstić information content (AvgIpc) is 2.01. The molecule has 0 aliphatic heterocycles. The number of carboxylic acid groups (broad SMARTS) is 1. The largest absolute Gasteiger partial charge is 0.481 e. The number of alkyl halides is 3. The van der Waals surface area contributed by atoms with E-state index in [1.54, 1.807) is 13.0 Å². The Hall–Kier alpha value is -1.00. The summed E-state index contributed by atoms with van der Waals surface area (Å²) in [6.45, 7) is 1.59. The summed E-state index contributed by atoms with van der Waals surface area (Å²) in [5.41, 5.74) is 0.616. The van der Waals surface area contributed by atoms with Gasteiger partial charge in [0.2, 0.25) is 0 Å². The van der Waals surface area contributed by atoms with Gasteiger partial charge in [-0.1, -0.05) is 11.6 Å². The minimum absolute atomic E-state index is 0.0225. The van der Waals surface area contributed by atoms with Crippen molar-refractivity contribution in [1.82, 2.24) is 0 Å². The fourth-order valence-electron chi connectivity index (χ4n) is 1.68. The Morgan fingerprint density at radius 2 is 2.14 bits per heavy atom. The van der Waals surface area contributed by atoms with E-state index in [1.165, 1.54) is 0 Å². The second kappa shape index (κ2) is 3.63. The SMILES string of the molecule is CC1=CC[C@H](C(=O)O)[C@@H](C(F)(F)F)C1. The maximum Gasteiger partial charge on any atom is 0.392 e. The smallest absolute Gasteiger partial charge is 0.392 e. The molecule has 2 nitrogen and oxygen atoms in total. The quantitative estimate of drug-likeness (QED) is 0.672. The summed E-state index contributed by atoms with van der Waals surface area (Å²) in [5.74, 6) is -4.42. The Morgan fingerprint density at radius 3 is 2.57 bits per heavy atom. The second-order valence-corrected chi connectivity index (χ2v) is 3.58. The van der Waals surface area contributed by atoms with Crippen molar-refractivity contribution in [3.63, 3.8) is 0 Å². The van der Waals surface area contributed by atoms with E-state index >= 15 is 0 Å². The summed E-state index contributed by atoms with van der Waals surface area (Å²) in [5, 5.41) is 8.63. The third kappa shape index (κ3) is 2.27. The van der Waals surface area contributed by atoms with Crippen molar-refractivity contribution >= 4 is 5.97 Å². The van der Waals surface area contributed by atoms with E-state index < -0.39 is 24.0 Å². The monoisotopic (exact) mass is 208 g/mol. The third-order valence-electron chi connectivity index (χ3n) is 2.49. The van der Waals surface area contributed by atoms with Gasteiger partial charge in [0, 0.05) is 0 Å². The number of allylic oxidation sites excluding steroid dienone is 2. The highest BCUT2D eigenvalue weighted by Gasteiger charge is 2.48. The lowest BCUT2D eigenvalue weighted by atomic mass is 9.79. The van der Waals surface area contributed by atoms with Crippen LogP contribution < -0.4 is 0 Å². The topological polar surface area (TPSA) is 37.3 Å². The first-order valence-electron chi connectivity index (χ1n) is 4.27. The van der Waals surface area contributed by atoms with Gasteiger partial charge in [-0.25, -0.2) is 0 Å². The van der Waals surface area contributed by atoms with Crippen LogP contribution in [-0.2, 0) is 4.79 Å². The van der Waals surface area contributed by atoms with Gasteiger partial charge in [0.1, 0.15) is 0 Å². The molecule has 0 radical (unpaired) electrons. The van der Waals surface area contributed by atoms with Gasteiger partial charge in [-0.15, -0.1) is 0 Å². The van der Waals surface area contributed by atoms with Crippen LogP contribution >= 0.6 is 0 Å². The van der Waals surface area contributed by atoms with E-state index in [-0.39, 0.29) is 12.8 Å². The van der Waals surface area contributed by atoms with Crippen LogP contribution in [0.3, 0.4) is 0 Å². The molecular weight excluding hydrogens is 197 g/mol. The maximum atomic E-state index is 12.4. The first kappa shape index (κ1) is 11.1. The molecule has 14 heavy (non-hydrogen) atoms. The lowest BCUT2D eigenvalue weighted by Crippen LogP contribution is -2.36. The molecule has 5 heteroatoms. The van der Waals surface area contributed by atoms with Crippen molar-refractivity contribution in [2.24, 2.45) is 11.8 Å². The average molecular weight is 208 g/mol. The van der Waals surface area contributed by atoms with Crippen LogP contribution in [-0.4, -0.2) is 17.3 Å². The van der Waals surface area contributed by atoms with E-state index in [1.807, 2.05) is 0 Å². The molecule has 0 heterocycles. The highest BCUT2D eigenvalue weighted by Crippen LogP contribution is 2.41. The van der Waals surface area contributed by atoms with Gasteiger partial charge in [0.25, 0.3) is 0 Å². The maximum absolute atomic E-state index is 12.4. The normalized spacial score (nSPS) is 28.4. The van der Waals surface area contributed by atoms with Crippen molar-refractivity contribution in [3.05, 3.63) is 11.6 Å². The number of rotatable bonds is 1. The first-order valence-corrected chi connectivity index (χ1v) is 4.27. The fourth-order valence-corrected chi connectivity index (χ4v) is 1.68. The highest BCUT2D eigenvalue weighted by atomic mass is 19.4. The molecule has 1 N–H and O–H groups in total. The molecule has 0 amide bonds. The van der Waals surface area contributed by atoms with Crippen molar-refractivity contribution in [2.75, 3.05) is 0 Å². The van der Waals surface area contributed by atoms with Crippen LogP contribution in [0, 0.1) is 11.8 Å². The summed E-state index contributed by atoms with van der Waals surface area (Å²) in [4.78, 5) is 10.6. The molecule has 1 aliphatic rings. The van der Waals surface area contributed by atoms with Crippen LogP contribution in [0.1, 0.15) is 19.8 Å². The Balaban J connectivity index is 2.89. The number of aliphatic carboxylic acids is 1. The van der Waals surface area contributed by atoms with E-state index in [9.17, 15) is 18.0 Å². The molecule has 1 aliphatic carbocycles. The molecule has 0 aromatic carbocycles. The molecule has 2 atom stereocenters. The zero-order valence-electron chi connectivity index (χ0n) is 7.64. The van der Waals surface area contributed by atoms with Crippen molar-refractivity contribution in [3.8, 4) is 0 Å². The summed E-state index contributed by atoms with van der Waals surface area (Å²) in [7, 11) is 0. The second-order valence-electron chi connectivity index (χ2n) is 3.58. The molecule has 0 saturated heterocycles. The number of carboxylic acids is 1. The van der Waals surface area contributed by atoms with Crippen LogP contribution in [0.15, 0.2) is 11.6 Å². The summed E-state index contributed by atoms with van der Waals surface area (Å²) in [6, 6.07) is 0. The zero-order valence-corrected chi connectivity index (χ0v) is 7.64. The highest BCUT2D eigenvalue weighted by molar-refractivity contribution is 5.71. The molecule has 0 aromatic heterocycles. The van der Waals surface area contributed by atoms with Gasteiger partial charge < -0.3 is 5.11 Å². The molecular formula is C9H11F3O2. The molecule has 0 fully saturated rings. The molecule has 80 valence electrons. The number of carbonyl (C=O) groups is 1. The van der Waals surface area contributed by atoms with Crippen molar-refractivity contribution < 1.29 is 23.1 Å². The molecule has 0 spiro atoms. The number of hydrogen-bond acceptors (Lipinski definition) is 1. The van der Waals surface area contributed by atoms with E-state index in [0.29, 0.717) is 5.57 Å². The molecule has 0 saturated carbocycles. The van der Waals surface area contributed by atoms with E-state index in [2.05, 4.69) is 0 Å². The standard InChI is InChI=1S/C9H11F3O2/c1-5-2-3-6(8(13)14)7(4-5)9(10,11)12/h2,6-7H,3-4H2,1H3,(H,13,14)/t6-,7-/m0/s1. The lowest BCUT2D eigenvalue weighted by molar-refractivity contribution is -0.197. The minimum atomic E-state index is -4.42. The predicted octanol–water partition coefficient (Wildman–Crippen LogP) is 2.61. The number of halogens is 3. The van der Waals surface area contributed by atoms with Gasteiger partial charge in [-0.05, 0) is 19.8 Å². The van der Waals surface area contributed by atoms with Gasteiger partial charge in [0.05, 0.1) is 11.8 Å². The Kier molecular flexibility index (Phi) is 2.87. The summed E-state index contributed by atoms with van der Waals surface area (Å²) in [6.07, 6.45) is -3.06. The lowest BCUT2D eigenvalue weighted by Gasteiger charge is -2.29. The minimum Gasteiger partial charge on any atom is -0.481 e. The van der Waals surface area contributed by atoms with E-state index in [4.69, 9.17) is 5.11 Å². The Bertz CT molecular complexity index is 268. The summed E-state index contributed by atoms with van der Waals surface area (Å²) >= 11 is 0. The van der Waals surface area contributed by atoms with Gasteiger partial charge in [-0.3, -0.25) is 4.79 Å². The van der Waals surface area contributed by atoms with Crippen LogP contribution in [0.25, 0.3) is 0 Å².